The van der Waals surface area contributed by atoms with E-state index in [1.54, 1.807) is 13.0 Å². The highest BCUT2D eigenvalue weighted by Gasteiger charge is 2.56. The quantitative estimate of drug-likeness (QED) is 0.117. The maximum absolute atomic E-state index is 13.5. The first-order chi connectivity index (χ1) is 25.5. The average Bonchev–Trinajstić information content (AvgIpc) is 3.15. The Kier molecular flexibility index (Phi) is 12.4. The van der Waals surface area contributed by atoms with Gasteiger partial charge in [-0.2, -0.15) is 0 Å². The smallest absolute Gasteiger partial charge is 0.335 e. The van der Waals surface area contributed by atoms with Crippen molar-refractivity contribution in [2.45, 2.75) is 94.9 Å². The predicted octanol–water partition coefficient (Wildman–Crippen LogP) is 4.15. The second kappa shape index (κ2) is 16.8. The molecule has 9 atom stereocenters. The first-order valence-corrected chi connectivity index (χ1v) is 18.8. The van der Waals surface area contributed by atoms with Crippen LogP contribution >= 0.6 is 0 Å². The Labute approximate surface area is 308 Å². The molecule has 7 N–H and O–H groups in total. The monoisotopic (exact) mass is 736 g/mol. The van der Waals surface area contributed by atoms with Gasteiger partial charge in [-0.1, -0.05) is 49.2 Å². The fraction of sp³-hybridized carbons (Fsp3) is 0.561. The van der Waals surface area contributed by atoms with E-state index < -0.39 is 48.5 Å². The summed E-state index contributed by atoms with van der Waals surface area (Å²) in [5.74, 6) is -1.13. The van der Waals surface area contributed by atoms with Gasteiger partial charge in [0.05, 0.1) is 23.1 Å². The summed E-state index contributed by atoms with van der Waals surface area (Å²) in [5, 5.41) is 76.4. The van der Waals surface area contributed by atoms with Gasteiger partial charge < -0.3 is 50.0 Å². The molecule has 2 aliphatic heterocycles. The van der Waals surface area contributed by atoms with E-state index in [9.17, 15) is 45.3 Å². The van der Waals surface area contributed by atoms with Gasteiger partial charge in [-0.25, -0.2) is 4.79 Å². The fourth-order valence-corrected chi connectivity index (χ4v) is 9.19. The summed E-state index contributed by atoms with van der Waals surface area (Å²) in [5.41, 5.74) is -0.826. The topological polar surface area (TPSA) is 203 Å². The minimum absolute atomic E-state index is 0.00870. The number of carbonyl (C=O) groups is 2. The van der Waals surface area contributed by atoms with Crippen molar-refractivity contribution in [3.05, 3.63) is 70.8 Å². The molecule has 6 rings (SSSR count). The van der Waals surface area contributed by atoms with Crippen LogP contribution in [0.2, 0.25) is 0 Å². The van der Waals surface area contributed by atoms with Crippen molar-refractivity contribution in [3.63, 3.8) is 0 Å². The zero-order valence-corrected chi connectivity index (χ0v) is 30.1. The number of fused-ring (bicyclic) bond motifs is 2. The lowest BCUT2D eigenvalue weighted by Crippen LogP contribution is -2.68. The summed E-state index contributed by atoms with van der Waals surface area (Å²) in [6.07, 6.45) is -1.21. The van der Waals surface area contributed by atoms with Crippen molar-refractivity contribution in [2.75, 3.05) is 26.4 Å². The van der Waals surface area contributed by atoms with Gasteiger partial charge in [-0.05, 0) is 97.8 Å². The Hall–Kier alpha value is -3.62. The van der Waals surface area contributed by atoms with E-state index in [-0.39, 0.29) is 64.7 Å². The van der Waals surface area contributed by atoms with Crippen LogP contribution in [0.15, 0.2) is 48.5 Å². The Morgan fingerprint density at radius 1 is 1.00 bits per heavy atom. The maximum Gasteiger partial charge on any atom is 0.335 e. The van der Waals surface area contributed by atoms with Gasteiger partial charge in [0.1, 0.15) is 35.4 Å². The molecule has 288 valence electrons. The van der Waals surface area contributed by atoms with Crippen LogP contribution in [0.4, 0.5) is 0 Å². The Balaban J connectivity index is 1.24. The molecule has 3 aromatic rings. The number of aromatic hydroxyl groups is 1. The summed E-state index contributed by atoms with van der Waals surface area (Å²) >= 11 is 0. The number of carboxylic acids is 1. The number of carbonyl (C=O) groups excluding carboxylic acids is 1. The minimum atomic E-state index is -2.05. The third-order valence-electron chi connectivity index (χ3n) is 11.9. The Morgan fingerprint density at radius 2 is 1.77 bits per heavy atom. The van der Waals surface area contributed by atoms with Crippen LogP contribution in [0.3, 0.4) is 0 Å². The Bertz CT molecular complexity index is 1740. The molecular weight excluding hydrogens is 684 g/mol. The van der Waals surface area contributed by atoms with Gasteiger partial charge in [-0.3, -0.25) is 4.79 Å². The number of ketones is 1. The van der Waals surface area contributed by atoms with E-state index in [4.69, 9.17) is 14.2 Å². The number of phenols is 1. The number of aromatic carboxylic acids is 1. The largest absolute Gasteiger partial charge is 0.506 e. The lowest BCUT2D eigenvalue weighted by molar-refractivity contribution is -0.315. The van der Waals surface area contributed by atoms with Gasteiger partial charge in [-0.15, -0.1) is 0 Å². The number of aliphatic hydroxyl groups is 5. The number of benzene rings is 3. The molecule has 0 spiro atoms. The normalized spacial score (nSPS) is 30.2. The standard InChI is InChI=1S/C41H52O12/c1-23-17-28-18-29(39(48)49)19-31(35(28)36(45)33(23)30(44)13-12-24-7-3-2-4-8-24)52-40-37(46)38(47)41(50,32(20-43)53-40)15-14-25-9-5-10-26-21-51-22-27(34(25)26)11-6-16-42/h2-4,7-8,17-19,25-27,32,34,37-38,40,42-43,45-47,50H,5-6,9-16,20-22H2,1H3,(H,48,49)/t25-,26-,27+,32+,34+,37+,38+,40-,41+/m0/s1. The molecule has 0 amide bonds. The summed E-state index contributed by atoms with van der Waals surface area (Å²) in [6.45, 7) is 2.31. The molecule has 3 fully saturated rings. The number of ether oxygens (including phenoxy) is 3. The molecule has 0 aromatic heterocycles. The first-order valence-electron chi connectivity index (χ1n) is 18.8. The minimum Gasteiger partial charge on any atom is -0.506 e. The molecule has 1 aliphatic carbocycles. The van der Waals surface area contributed by atoms with Crippen LogP contribution in [0.1, 0.15) is 83.2 Å². The van der Waals surface area contributed by atoms with E-state index in [1.165, 1.54) is 6.07 Å². The number of phenolic OH excluding ortho intramolecular Hbond substituents is 1. The summed E-state index contributed by atoms with van der Waals surface area (Å²) in [6, 6.07) is 13.5. The van der Waals surface area contributed by atoms with Gasteiger partial charge >= 0.3 is 5.97 Å². The number of hydrogen-bond acceptors (Lipinski definition) is 11. The lowest BCUT2D eigenvalue weighted by atomic mass is 9.62. The van der Waals surface area contributed by atoms with Crippen molar-refractivity contribution < 1.29 is 59.5 Å². The molecule has 53 heavy (non-hydrogen) atoms. The van der Waals surface area contributed by atoms with Gasteiger partial charge in [0.25, 0.3) is 0 Å². The highest BCUT2D eigenvalue weighted by atomic mass is 16.7. The van der Waals surface area contributed by atoms with Crippen molar-refractivity contribution in [3.8, 4) is 11.5 Å². The SMILES string of the molecule is Cc1cc2cc(C(=O)O)cc(O[C@H]3O[C@H](CO)[C@](O)(CC[C@@H]4CCC[C@H]5COC[C@@H](CCCO)[C@H]45)[C@H](O)[C@H]3O)c2c(O)c1C(=O)CCc1ccccc1. The molecule has 2 heterocycles. The van der Waals surface area contributed by atoms with E-state index in [2.05, 4.69) is 0 Å². The zero-order chi connectivity index (χ0) is 37.9. The van der Waals surface area contributed by atoms with Crippen LogP contribution in [-0.2, 0) is 15.9 Å². The summed E-state index contributed by atoms with van der Waals surface area (Å²) < 4.78 is 17.9. The molecule has 3 aromatic carbocycles. The highest BCUT2D eigenvalue weighted by Crippen LogP contribution is 2.48. The Morgan fingerprint density at radius 3 is 2.49 bits per heavy atom. The molecule has 12 heteroatoms. The summed E-state index contributed by atoms with van der Waals surface area (Å²) in [7, 11) is 0. The zero-order valence-electron chi connectivity index (χ0n) is 30.1. The van der Waals surface area contributed by atoms with Crippen LogP contribution < -0.4 is 4.74 Å². The van der Waals surface area contributed by atoms with E-state index in [0.717, 1.165) is 37.3 Å². The third-order valence-corrected chi connectivity index (χ3v) is 11.9. The predicted molar refractivity (Wildman–Crippen MR) is 194 cm³/mol. The fourth-order valence-electron chi connectivity index (χ4n) is 9.19. The number of aliphatic hydroxyl groups excluding tert-OH is 4. The number of aryl methyl sites for hydroxylation is 2. The van der Waals surface area contributed by atoms with E-state index >= 15 is 0 Å². The van der Waals surface area contributed by atoms with Crippen LogP contribution in [-0.4, -0.2) is 104 Å². The number of carboxylic acid groups (broad SMARTS) is 1. The average molecular weight is 737 g/mol. The molecule has 1 saturated carbocycles. The molecule has 0 unspecified atom stereocenters. The molecule has 0 radical (unpaired) electrons. The van der Waals surface area contributed by atoms with Crippen LogP contribution in [0.25, 0.3) is 10.8 Å². The second-order valence-corrected chi connectivity index (χ2v) is 15.2. The molecule has 12 nitrogen and oxygen atoms in total. The van der Waals surface area contributed by atoms with Gasteiger partial charge in [0.15, 0.2) is 5.78 Å². The van der Waals surface area contributed by atoms with Gasteiger partial charge in [0.2, 0.25) is 6.29 Å². The maximum atomic E-state index is 13.5. The molecule has 3 aliphatic rings. The number of Topliss-reactive ketones (excluding diaryl/α,β-unsaturated/α-hetero) is 1. The van der Waals surface area contributed by atoms with Crippen molar-refractivity contribution in [1.82, 2.24) is 0 Å². The molecular formula is C41H52O12. The second-order valence-electron chi connectivity index (χ2n) is 15.2. The van der Waals surface area contributed by atoms with Crippen molar-refractivity contribution in [2.24, 2.45) is 23.7 Å². The van der Waals surface area contributed by atoms with Gasteiger partial charge in [0, 0.05) is 26.2 Å². The highest BCUT2D eigenvalue weighted by molar-refractivity contribution is 6.09. The van der Waals surface area contributed by atoms with E-state index in [1.807, 2.05) is 30.3 Å². The van der Waals surface area contributed by atoms with Crippen molar-refractivity contribution >= 4 is 22.5 Å². The molecule has 0 bridgehead atoms. The summed E-state index contributed by atoms with van der Waals surface area (Å²) in [4.78, 5) is 25.6. The number of hydrogen-bond donors (Lipinski definition) is 7. The van der Waals surface area contributed by atoms with Crippen LogP contribution in [0.5, 0.6) is 11.5 Å². The van der Waals surface area contributed by atoms with Crippen molar-refractivity contribution in [1.29, 1.82) is 0 Å². The first kappa shape index (κ1) is 39.1. The van der Waals surface area contributed by atoms with Crippen LogP contribution in [0, 0.1) is 30.6 Å². The number of rotatable bonds is 14. The third kappa shape index (κ3) is 8.10. The lowest BCUT2D eigenvalue weighted by Gasteiger charge is -2.50. The van der Waals surface area contributed by atoms with E-state index in [0.29, 0.717) is 49.9 Å². The molecule has 2 saturated heterocycles.